The van der Waals surface area contributed by atoms with Crippen molar-refractivity contribution in [2.24, 2.45) is 0 Å². The van der Waals surface area contributed by atoms with Gasteiger partial charge in [-0.2, -0.15) is 4.98 Å². The lowest BCUT2D eigenvalue weighted by molar-refractivity contribution is 0.0240. The van der Waals surface area contributed by atoms with E-state index in [9.17, 15) is 14.4 Å². The van der Waals surface area contributed by atoms with Crippen LogP contribution in [0, 0.1) is 6.92 Å². The highest BCUT2D eigenvalue weighted by atomic mass is 32.1. The zero-order chi connectivity index (χ0) is 32.1. The molecule has 0 spiro atoms. The minimum Gasteiger partial charge on any atom is -0.462 e. The molecule has 240 valence electrons. The van der Waals surface area contributed by atoms with Crippen molar-refractivity contribution in [2.75, 3.05) is 49.5 Å². The van der Waals surface area contributed by atoms with Crippen LogP contribution in [0.1, 0.15) is 59.9 Å². The third-order valence-corrected chi connectivity index (χ3v) is 8.27. The maximum atomic E-state index is 13.0. The molecule has 0 atom stereocenters. The maximum absolute atomic E-state index is 13.0. The number of nitrogens with one attached hydrogen (secondary N) is 1. The highest BCUT2D eigenvalue weighted by molar-refractivity contribution is 7.17. The molecule has 1 aromatic carbocycles. The van der Waals surface area contributed by atoms with E-state index in [1.54, 1.807) is 23.6 Å². The van der Waals surface area contributed by atoms with Gasteiger partial charge in [-0.3, -0.25) is 5.32 Å². The van der Waals surface area contributed by atoms with Crippen molar-refractivity contribution in [3.8, 4) is 0 Å². The number of anilines is 3. The van der Waals surface area contributed by atoms with Gasteiger partial charge in [0.05, 0.1) is 24.5 Å². The molecule has 1 fully saturated rings. The fourth-order valence-corrected chi connectivity index (χ4v) is 5.91. The SMILES string of the molecule is CCOC(=O)c1sc(Nc2nc3c(c(N4CCN(C(=O)OC(C)(C)C)CC4)n2)CCN(C(=O)OCc2ccccc2)C3)nc1C. The van der Waals surface area contributed by atoms with Crippen LogP contribution in [0.15, 0.2) is 30.3 Å². The number of hydrogen-bond acceptors (Lipinski definition) is 12. The van der Waals surface area contributed by atoms with E-state index in [4.69, 9.17) is 24.2 Å². The Labute approximate surface area is 266 Å². The number of benzene rings is 1. The number of ether oxygens (including phenoxy) is 3. The van der Waals surface area contributed by atoms with E-state index >= 15 is 0 Å². The molecule has 2 aliphatic rings. The molecule has 2 aromatic heterocycles. The highest BCUT2D eigenvalue weighted by Crippen LogP contribution is 2.31. The molecule has 5 rings (SSSR count). The topological polar surface area (TPSA) is 139 Å². The number of fused-ring (bicyclic) bond motifs is 1. The molecule has 14 heteroatoms. The lowest BCUT2D eigenvalue weighted by atomic mass is 10.0. The lowest BCUT2D eigenvalue weighted by Crippen LogP contribution is -2.50. The summed E-state index contributed by atoms with van der Waals surface area (Å²) in [4.78, 5) is 58.1. The summed E-state index contributed by atoms with van der Waals surface area (Å²) in [5, 5.41) is 3.62. The summed E-state index contributed by atoms with van der Waals surface area (Å²) in [7, 11) is 0. The van der Waals surface area contributed by atoms with E-state index in [0.717, 1.165) is 16.9 Å². The number of carbonyl (C=O) groups excluding carboxylic acids is 3. The lowest BCUT2D eigenvalue weighted by Gasteiger charge is -2.38. The molecule has 1 N–H and O–H groups in total. The number of nitrogens with zero attached hydrogens (tertiary/aromatic N) is 6. The summed E-state index contributed by atoms with van der Waals surface area (Å²) < 4.78 is 16.3. The van der Waals surface area contributed by atoms with Crippen LogP contribution in [-0.2, 0) is 33.8 Å². The first-order chi connectivity index (χ1) is 21.5. The van der Waals surface area contributed by atoms with Crippen LogP contribution < -0.4 is 10.2 Å². The summed E-state index contributed by atoms with van der Waals surface area (Å²) in [5.74, 6) is 0.602. The third-order valence-electron chi connectivity index (χ3n) is 7.21. The summed E-state index contributed by atoms with van der Waals surface area (Å²) in [5.41, 5.74) is 2.52. The number of thiazole rings is 1. The summed E-state index contributed by atoms with van der Waals surface area (Å²) in [6, 6.07) is 9.54. The Morgan fingerprint density at radius 2 is 1.67 bits per heavy atom. The Balaban J connectivity index is 1.37. The van der Waals surface area contributed by atoms with Crippen LogP contribution in [0.4, 0.5) is 26.5 Å². The van der Waals surface area contributed by atoms with Crippen molar-refractivity contribution < 1.29 is 28.6 Å². The first-order valence-electron chi connectivity index (χ1n) is 15.0. The molecule has 3 aromatic rings. The number of rotatable bonds is 7. The van der Waals surface area contributed by atoms with Gasteiger partial charge in [-0.1, -0.05) is 41.7 Å². The molecule has 0 saturated carbocycles. The number of piperazine rings is 1. The van der Waals surface area contributed by atoms with Gasteiger partial charge >= 0.3 is 18.2 Å². The average Bonchev–Trinajstić information content (AvgIpc) is 3.38. The number of carbonyl (C=O) groups is 3. The Morgan fingerprint density at radius 1 is 0.933 bits per heavy atom. The zero-order valence-corrected chi connectivity index (χ0v) is 27.1. The second-order valence-corrected chi connectivity index (χ2v) is 12.7. The Bertz CT molecular complexity index is 1530. The van der Waals surface area contributed by atoms with Crippen LogP contribution in [0.25, 0.3) is 0 Å². The Morgan fingerprint density at radius 3 is 2.36 bits per heavy atom. The molecule has 0 bridgehead atoms. The van der Waals surface area contributed by atoms with Crippen molar-refractivity contribution in [1.82, 2.24) is 24.8 Å². The number of aromatic nitrogens is 3. The molecule has 0 aliphatic carbocycles. The van der Waals surface area contributed by atoms with Gasteiger partial charge in [-0.15, -0.1) is 0 Å². The average molecular weight is 638 g/mol. The summed E-state index contributed by atoms with van der Waals surface area (Å²) in [6.07, 6.45) is -0.212. The van der Waals surface area contributed by atoms with Gasteiger partial charge in [0.1, 0.15) is 22.9 Å². The van der Waals surface area contributed by atoms with Crippen molar-refractivity contribution in [2.45, 2.75) is 59.8 Å². The zero-order valence-electron chi connectivity index (χ0n) is 26.3. The standard InChI is InChI=1S/C31H39N7O6S/c1-6-42-26(39)24-20(2)32-28(45-24)35-27-33-23-18-38(29(40)43-19-21-10-8-7-9-11-21)13-12-22(23)25(34-27)36-14-16-37(17-15-36)30(41)44-31(3,4)5/h7-11H,6,12-19H2,1-5H3,(H,32,33,34,35). The van der Waals surface area contributed by atoms with E-state index in [1.807, 2.05) is 51.1 Å². The van der Waals surface area contributed by atoms with E-state index in [-0.39, 0.29) is 25.9 Å². The summed E-state index contributed by atoms with van der Waals surface area (Å²) >= 11 is 1.17. The molecule has 13 nitrogen and oxygen atoms in total. The van der Waals surface area contributed by atoms with Gasteiger partial charge in [0.2, 0.25) is 5.95 Å². The fraction of sp³-hybridized carbons (Fsp3) is 0.484. The smallest absolute Gasteiger partial charge is 0.410 e. The van der Waals surface area contributed by atoms with E-state index < -0.39 is 17.7 Å². The number of aryl methyl sites for hydroxylation is 1. The van der Waals surface area contributed by atoms with E-state index in [0.29, 0.717) is 66.5 Å². The minimum atomic E-state index is -0.573. The van der Waals surface area contributed by atoms with Crippen LogP contribution in [0.3, 0.4) is 0 Å². The van der Waals surface area contributed by atoms with Crippen molar-refractivity contribution >= 4 is 46.4 Å². The molecule has 1 saturated heterocycles. The molecular formula is C31H39N7O6S. The molecule has 0 radical (unpaired) electrons. The predicted molar refractivity (Wildman–Crippen MR) is 169 cm³/mol. The van der Waals surface area contributed by atoms with Crippen LogP contribution in [0.2, 0.25) is 0 Å². The molecular weight excluding hydrogens is 598 g/mol. The largest absolute Gasteiger partial charge is 0.462 e. The predicted octanol–water partition coefficient (Wildman–Crippen LogP) is 4.91. The second-order valence-electron chi connectivity index (χ2n) is 11.7. The van der Waals surface area contributed by atoms with E-state index in [2.05, 4.69) is 15.2 Å². The molecule has 45 heavy (non-hydrogen) atoms. The second kappa shape index (κ2) is 13.7. The van der Waals surface area contributed by atoms with Crippen molar-refractivity contribution in [3.05, 3.63) is 57.7 Å². The molecule has 0 unspecified atom stereocenters. The van der Waals surface area contributed by atoms with Crippen LogP contribution in [0.5, 0.6) is 0 Å². The fourth-order valence-electron chi connectivity index (χ4n) is 5.05. The quantitative estimate of drug-likeness (QED) is 0.279. The number of amides is 2. The van der Waals surface area contributed by atoms with Gasteiger partial charge in [-0.25, -0.2) is 24.4 Å². The van der Waals surface area contributed by atoms with Crippen molar-refractivity contribution in [1.29, 1.82) is 0 Å². The van der Waals surface area contributed by atoms with Crippen LogP contribution in [-0.4, -0.2) is 87.8 Å². The van der Waals surface area contributed by atoms with Gasteiger partial charge < -0.3 is 28.9 Å². The summed E-state index contributed by atoms with van der Waals surface area (Å²) in [6.45, 7) is 12.2. The van der Waals surface area contributed by atoms with Gasteiger partial charge in [0, 0.05) is 38.3 Å². The van der Waals surface area contributed by atoms with E-state index in [1.165, 1.54) is 11.3 Å². The highest BCUT2D eigenvalue weighted by Gasteiger charge is 2.32. The maximum Gasteiger partial charge on any atom is 0.410 e. The molecule has 4 heterocycles. The minimum absolute atomic E-state index is 0.180. The van der Waals surface area contributed by atoms with Gasteiger partial charge in [0.25, 0.3) is 0 Å². The normalized spacial score (nSPS) is 14.9. The first kappa shape index (κ1) is 31.9. The Hall–Kier alpha value is -4.46. The number of hydrogen-bond donors (Lipinski definition) is 1. The third kappa shape index (κ3) is 7.98. The van der Waals surface area contributed by atoms with Gasteiger partial charge in [-0.05, 0) is 46.6 Å². The van der Waals surface area contributed by atoms with Gasteiger partial charge in [0.15, 0.2) is 5.13 Å². The van der Waals surface area contributed by atoms with Crippen molar-refractivity contribution in [3.63, 3.8) is 0 Å². The first-order valence-corrected chi connectivity index (χ1v) is 15.8. The monoisotopic (exact) mass is 637 g/mol. The number of esters is 1. The molecule has 2 amide bonds. The molecule has 2 aliphatic heterocycles. The van der Waals surface area contributed by atoms with Crippen LogP contribution >= 0.6 is 11.3 Å². The Kier molecular flexibility index (Phi) is 9.71.